The van der Waals surface area contributed by atoms with Crippen molar-refractivity contribution in [2.45, 2.75) is 161 Å². The highest BCUT2D eigenvalue weighted by molar-refractivity contribution is 6.83. The van der Waals surface area contributed by atoms with Gasteiger partial charge in [-0.3, -0.25) is 24.1 Å². The lowest BCUT2D eigenvalue weighted by atomic mass is 9.70. The van der Waals surface area contributed by atoms with Gasteiger partial charge in [0.05, 0.1) is 12.8 Å². The highest BCUT2D eigenvalue weighted by Crippen LogP contribution is 2.49. The summed E-state index contributed by atoms with van der Waals surface area (Å²) in [6, 6.07) is 21.5. The van der Waals surface area contributed by atoms with Gasteiger partial charge in [-0.2, -0.15) is 5.26 Å². The van der Waals surface area contributed by atoms with Gasteiger partial charge in [-0.25, -0.2) is 15.4 Å². The van der Waals surface area contributed by atoms with Crippen LogP contribution in [0, 0.1) is 22.3 Å². The van der Waals surface area contributed by atoms with Gasteiger partial charge in [0.2, 0.25) is 11.8 Å². The number of rotatable bonds is 12. The third-order valence-corrected chi connectivity index (χ3v) is 13.4. The summed E-state index contributed by atoms with van der Waals surface area (Å²) in [6.45, 7) is 25.3. The van der Waals surface area contributed by atoms with Gasteiger partial charge in [0, 0.05) is 5.69 Å². The van der Waals surface area contributed by atoms with Crippen molar-refractivity contribution in [3.63, 3.8) is 0 Å². The zero-order valence-corrected chi connectivity index (χ0v) is 42.2. The van der Waals surface area contributed by atoms with Crippen LogP contribution >= 0.6 is 0 Å². The fourth-order valence-corrected chi connectivity index (χ4v) is 10.5. The Balaban J connectivity index is 0.000000411. The number of carbonyl (C=O) groups is 3. The van der Waals surface area contributed by atoms with Crippen molar-refractivity contribution in [1.82, 2.24) is 10.1 Å². The highest BCUT2D eigenvalue weighted by atomic mass is 28.4. The predicted molar refractivity (Wildman–Crippen MR) is 258 cm³/mol. The van der Waals surface area contributed by atoms with Gasteiger partial charge in [0.25, 0.3) is 0 Å². The molecule has 64 heavy (non-hydrogen) atoms. The summed E-state index contributed by atoms with van der Waals surface area (Å²) >= 11 is 0. The van der Waals surface area contributed by atoms with Gasteiger partial charge in [0.1, 0.15) is 54.8 Å². The summed E-state index contributed by atoms with van der Waals surface area (Å²) in [4.78, 5) is 47.6. The van der Waals surface area contributed by atoms with E-state index in [1.165, 1.54) is 17.2 Å². The molecular formula is C46H72N4O10Si4. The minimum atomic E-state index is -2.17. The summed E-state index contributed by atoms with van der Waals surface area (Å²) in [7, 11) is -7.80. The van der Waals surface area contributed by atoms with E-state index in [4.69, 9.17) is 28.2 Å². The van der Waals surface area contributed by atoms with Crippen molar-refractivity contribution in [2.75, 3.05) is 0 Å². The average molecular weight is 953 g/mol. The Kier molecular flexibility index (Phi) is 19.0. The fraction of sp³-hybridized carbons (Fsp3) is 0.543. The molecule has 2 saturated heterocycles. The molecule has 6 rings (SSSR count). The average Bonchev–Trinajstić information content (AvgIpc) is 3.17. The van der Waals surface area contributed by atoms with Gasteiger partial charge in [-0.1, -0.05) is 101 Å². The van der Waals surface area contributed by atoms with Crippen LogP contribution in [0.3, 0.4) is 0 Å². The molecule has 2 aromatic carbocycles. The summed E-state index contributed by atoms with van der Waals surface area (Å²) < 4.78 is 20.1. The monoisotopic (exact) mass is 952 g/mol. The lowest BCUT2D eigenvalue weighted by Crippen LogP contribution is -2.77. The van der Waals surface area contributed by atoms with Crippen LogP contribution in [-0.2, 0) is 50.6 Å². The van der Waals surface area contributed by atoms with E-state index >= 15 is 0 Å². The van der Waals surface area contributed by atoms with Gasteiger partial charge >= 0.3 is 0 Å². The largest absolute Gasteiger partial charge is 0.409 e. The first-order valence-electron chi connectivity index (χ1n) is 20.8. The number of aliphatic hydroxyl groups is 2. The van der Waals surface area contributed by atoms with Crippen LogP contribution in [0.25, 0.3) is 0 Å². The Morgan fingerprint density at radius 3 is 1.45 bits per heavy atom. The van der Waals surface area contributed by atoms with Crippen molar-refractivity contribution >= 4 is 50.6 Å². The van der Waals surface area contributed by atoms with E-state index in [2.05, 4.69) is 70.7 Å². The molecule has 0 saturated carbocycles. The number of nitriles is 2. The molecule has 2 heterocycles. The molecule has 2 N–H and O–H groups in total. The molecule has 0 unspecified atom stereocenters. The number of benzene rings is 2. The Hall–Kier alpha value is -3.90. The molecule has 14 nitrogen and oxygen atoms in total. The number of β-lactam (4-membered cyclic amide) rings is 2. The minimum Gasteiger partial charge on any atom is -0.409 e. The standard InChI is InChI=1S/C25H40N2O5Si3.C15H15NO5.C4H9NSi.2CH4/c1-33(2,3)30-22-23(31-34(4,5)6)25(19-26,32-35(7,8)9)16-15-24(22)17-21(28)27(24)29-18-20-13-11-10-12-14-20;17-11-6-7-15(14(20)13(11)19)8-12(18)16(15)21-9-10-4-2-1-3-5-10;1-6(2,3)4-5;;/h10-16,22-23H,17-18H2,1-9H3;1-7,13-14,19-20H,8-9H2;1-3H3;2*1H4/t22-,23+,24+,25+;13-,14-,15+;;;/m11.../s1. The second-order valence-electron chi connectivity index (χ2n) is 20.0. The molecule has 0 bridgehead atoms. The number of amides is 2. The maximum Gasteiger partial charge on any atom is 0.249 e. The smallest absolute Gasteiger partial charge is 0.249 e. The second kappa shape index (κ2) is 21.6. The first kappa shape index (κ1) is 56.2. The molecule has 4 aliphatic rings. The Morgan fingerprint density at radius 2 is 1.06 bits per heavy atom. The van der Waals surface area contributed by atoms with E-state index in [0.29, 0.717) is 0 Å². The van der Waals surface area contributed by atoms with Crippen molar-refractivity contribution in [2.24, 2.45) is 0 Å². The zero-order valence-electron chi connectivity index (χ0n) is 38.2. The number of hydroxylamine groups is 4. The number of nitrogens with zero attached hydrogens (tertiary/aromatic N) is 4. The summed E-state index contributed by atoms with van der Waals surface area (Å²) in [6.07, 6.45) is 2.32. The predicted octanol–water partition coefficient (Wildman–Crippen LogP) is 7.82. The molecule has 2 spiro atoms. The van der Waals surface area contributed by atoms with Crippen LogP contribution in [-0.4, -0.2) is 112 Å². The second-order valence-corrected chi connectivity index (χ2v) is 38.0. The first-order valence-corrected chi connectivity index (χ1v) is 34.5. The molecule has 0 radical (unpaired) electrons. The molecule has 2 fully saturated rings. The fourth-order valence-electron chi connectivity index (χ4n) is 7.15. The normalized spacial score (nSPS) is 27.3. The SMILES string of the molecule is C.C.C[Si](C)(C)C#N.C[Si](C)(C)O[C@@H]1[C@H](O[Si](C)(C)C)[C@](C#N)(O[Si](C)(C)C)C=C[C@]12CC(=O)N2OCc1ccccc1.O=C1C=C[C@]2(CC(=O)N2OCc2ccccc2)[C@H](O)[C@@H]1O. The van der Waals surface area contributed by atoms with Crippen LogP contribution in [0.2, 0.25) is 78.6 Å². The van der Waals surface area contributed by atoms with E-state index in [-0.39, 0.29) is 52.7 Å². The van der Waals surface area contributed by atoms with E-state index in [9.17, 15) is 29.9 Å². The maximum atomic E-state index is 12.9. The number of aliphatic hydroxyl groups excluding tert-OH is 2. The van der Waals surface area contributed by atoms with Gasteiger partial charge in [0.15, 0.2) is 44.4 Å². The van der Waals surface area contributed by atoms with Crippen molar-refractivity contribution in [3.8, 4) is 11.8 Å². The molecule has 0 aromatic heterocycles. The van der Waals surface area contributed by atoms with E-state index < -0.39 is 79.9 Å². The molecule has 352 valence electrons. The third-order valence-electron chi connectivity index (χ3n) is 9.88. The van der Waals surface area contributed by atoms with Crippen LogP contribution in [0.4, 0.5) is 0 Å². The van der Waals surface area contributed by atoms with Crippen LogP contribution in [0.1, 0.15) is 38.8 Å². The molecule has 2 aromatic rings. The van der Waals surface area contributed by atoms with Gasteiger partial charge < -0.3 is 23.5 Å². The van der Waals surface area contributed by atoms with E-state index in [1.54, 1.807) is 6.08 Å². The minimum absolute atomic E-state index is 0. The number of hydrogen-bond acceptors (Lipinski definition) is 12. The topological polar surface area (TPSA) is 192 Å². The Labute approximate surface area is 385 Å². The summed E-state index contributed by atoms with van der Waals surface area (Å²) in [5, 5.41) is 41.0. The molecular weight excluding hydrogens is 881 g/mol. The lowest BCUT2D eigenvalue weighted by molar-refractivity contribution is -0.278. The summed E-state index contributed by atoms with van der Waals surface area (Å²) in [5.41, 5.74) is 0.766. The molecule has 2 aliphatic heterocycles. The van der Waals surface area contributed by atoms with E-state index in [1.807, 2.05) is 86.4 Å². The summed E-state index contributed by atoms with van der Waals surface area (Å²) in [5.74, 6) is -0.983. The van der Waals surface area contributed by atoms with Crippen LogP contribution in [0.5, 0.6) is 0 Å². The Bertz CT molecular complexity index is 2050. The number of carbonyl (C=O) groups excluding carboxylic acids is 3. The Morgan fingerprint density at radius 1 is 0.641 bits per heavy atom. The van der Waals surface area contributed by atoms with Crippen molar-refractivity contribution < 1.29 is 47.5 Å². The lowest BCUT2D eigenvalue weighted by Gasteiger charge is -2.59. The van der Waals surface area contributed by atoms with Crippen LogP contribution < -0.4 is 0 Å². The van der Waals surface area contributed by atoms with E-state index in [0.717, 1.165) is 16.2 Å². The van der Waals surface area contributed by atoms with Gasteiger partial charge in [-0.15, -0.1) is 0 Å². The van der Waals surface area contributed by atoms with Crippen molar-refractivity contribution in [1.29, 1.82) is 10.5 Å². The molecule has 7 atom stereocenters. The maximum absolute atomic E-state index is 12.9. The third kappa shape index (κ3) is 13.8. The van der Waals surface area contributed by atoms with Crippen molar-refractivity contribution in [3.05, 3.63) is 96.1 Å². The molecule has 18 heteroatoms. The first-order chi connectivity index (χ1) is 28.6. The quantitative estimate of drug-likeness (QED) is 0.119. The van der Waals surface area contributed by atoms with Crippen LogP contribution in [0.15, 0.2) is 85.0 Å². The zero-order chi connectivity index (χ0) is 46.5. The number of ketones is 1. The molecule has 2 amide bonds. The molecule has 2 aliphatic carbocycles. The highest BCUT2D eigenvalue weighted by Gasteiger charge is 2.66. The van der Waals surface area contributed by atoms with Gasteiger partial charge in [-0.05, 0) is 88.3 Å². The number of hydrogen-bond donors (Lipinski definition) is 2.